The third-order valence-corrected chi connectivity index (χ3v) is 5.00. The summed E-state index contributed by atoms with van der Waals surface area (Å²) in [7, 11) is 0. The Morgan fingerprint density at radius 3 is 2.71 bits per heavy atom. The van der Waals surface area contributed by atoms with Crippen molar-refractivity contribution in [1.82, 2.24) is 9.78 Å². The molecule has 0 bridgehead atoms. The second-order valence-electron chi connectivity index (χ2n) is 7.17. The molecule has 0 radical (unpaired) electrons. The fraction of sp³-hybridized carbons (Fsp3) is 0.500. The highest BCUT2D eigenvalue weighted by atomic mass is 16.2. The van der Waals surface area contributed by atoms with Gasteiger partial charge in [-0.05, 0) is 44.6 Å². The Balaban J connectivity index is 1.61. The highest BCUT2D eigenvalue weighted by Crippen LogP contribution is 2.32. The highest BCUT2D eigenvalue weighted by molar-refractivity contribution is 5.93. The summed E-state index contributed by atoms with van der Waals surface area (Å²) in [6.45, 7) is 6.48. The van der Waals surface area contributed by atoms with E-state index in [1.807, 2.05) is 21.7 Å². The van der Waals surface area contributed by atoms with Crippen LogP contribution in [0.3, 0.4) is 0 Å². The van der Waals surface area contributed by atoms with Gasteiger partial charge in [-0.2, -0.15) is 5.10 Å². The van der Waals surface area contributed by atoms with Gasteiger partial charge in [0.1, 0.15) is 5.82 Å². The van der Waals surface area contributed by atoms with Crippen LogP contribution < -0.4 is 4.90 Å². The Labute approximate surface area is 144 Å². The molecule has 4 nitrogen and oxygen atoms in total. The molecule has 0 saturated heterocycles. The molecular weight excluding hydrogens is 298 g/mol. The van der Waals surface area contributed by atoms with E-state index in [2.05, 4.69) is 50.1 Å². The van der Waals surface area contributed by atoms with Gasteiger partial charge in [0.25, 0.3) is 0 Å². The Bertz CT molecular complexity index is 679. The summed E-state index contributed by atoms with van der Waals surface area (Å²) in [6.07, 6.45) is 5.41. The average molecular weight is 325 g/mol. The van der Waals surface area contributed by atoms with Crippen molar-refractivity contribution in [3.8, 4) is 0 Å². The molecule has 3 atom stereocenters. The van der Waals surface area contributed by atoms with E-state index in [0.717, 1.165) is 25.1 Å². The summed E-state index contributed by atoms with van der Waals surface area (Å²) < 4.78 is 1.98. The van der Waals surface area contributed by atoms with Gasteiger partial charge < -0.3 is 0 Å². The first kappa shape index (κ1) is 16.7. The fourth-order valence-electron chi connectivity index (χ4n) is 3.69. The van der Waals surface area contributed by atoms with Gasteiger partial charge in [0.05, 0.1) is 12.2 Å². The SMILES string of the molecule is CC(CCc1ccccc1)CC(=O)N1c2ccnn2C(C)CC1C. The first-order chi connectivity index (χ1) is 11.6. The normalized spacial score (nSPS) is 21.4. The molecule has 0 saturated carbocycles. The van der Waals surface area contributed by atoms with E-state index in [9.17, 15) is 4.79 Å². The van der Waals surface area contributed by atoms with Crippen molar-refractivity contribution in [2.24, 2.45) is 5.92 Å². The third-order valence-electron chi connectivity index (χ3n) is 5.00. The van der Waals surface area contributed by atoms with E-state index in [-0.39, 0.29) is 11.9 Å². The minimum atomic E-state index is 0.219. The molecule has 1 aromatic carbocycles. The molecule has 1 aliphatic heterocycles. The molecule has 128 valence electrons. The number of fused-ring (bicyclic) bond motifs is 1. The number of carbonyl (C=O) groups excluding carboxylic acids is 1. The molecule has 2 heterocycles. The van der Waals surface area contributed by atoms with Crippen LogP contribution in [0.5, 0.6) is 0 Å². The molecule has 0 N–H and O–H groups in total. The van der Waals surface area contributed by atoms with E-state index in [4.69, 9.17) is 0 Å². The van der Waals surface area contributed by atoms with E-state index in [1.54, 1.807) is 6.20 Å². The zero-order chi connectivity index (χ0) is 17.1. The Hall–Kier alpha value is -2.10. The summed E-state index contributed by atoms with van der Waals surface area (Å²) in [5, 5.41) is 4.38. The molecule has 2 aromatic rings. The monoisotopic (exact) mass is 325 g/mol. The van der Waals surface area contributed by atoms with Crippen molar-refractivity contribution in [3.63, 3.8) is 0 Å². The van der Waals surface area contributed by atoms with Crippen molar-refractivity contribution in [3.05, 3.63) is 48.2 Å². The van der Waals surface area contributed by atoms with E-state index >= 15 is 0 Å². The van der Waals surface area contributed by atoms with Crippen LogP contribution in [0, 0.1) is 5.92 Å². The molecule has 1 aliphatic rings. The Morgan fingerprint density at radius 1 is 1.21 bits per heavy atom. The standard InChI is InChI=1S/C20H27N3O/c1-15(9-10-18-7-5-4-6-8-18)13-20(24)22-16(2)14-17(3)23-19(22)11-12-21-23/h4-8,11-12,15-17H,9-10,13-14H2,1-3H3. The van der Waals surface area contributed by atoms with Crippen LogP contribution in [0.2, 0.25) is 0 Å². The molecule has 4 heteroatoms. The van der Waals surface area contributed by atoms with Crippen LogP contribution >= 0.6 is 0 Å². The topological polar surface area (TPSA) is 38.1 Å². The molecular formula is C20H27N3O. The number of aryl methyl sites for hydroxylation is 1. The predicted octanol–water partition coefficient (Wildman–Crippen LogP) is 4.23. The summed E-state index contributed by atoms with van der Waals surface area (Å²) in [6, 6.07) is 13.0. The summed E-state index contributed by atoms with van der Waals surface area (Å²) in [5.74, 6) is 1.54. The number of carbonyl (C=O) groups is 1. The van der Waals surface area contributed by atoms with Crippen LogP contribution in [0.15, 0.2) is 42.6 Å². The van der Waals surface area contributed by atoms with Crippen LogP contribution in [-0.2, 0) is 11.2 Å². The molecule has 3 unspecified atom stereocenters. The van der Waals surface area contributed by atoms with Crippen molar-refractivity contribution in [2.45, 2.75) is 58.5 Å². The molecule has 1 amide bonds. The minimum absolute atomic E-state index is 0.219. The van der Waals surface area contributed by atoms with Crippen molar-refractivity contribution >= 4 is 11.7 Å². The lowest BCUT2D eigenvalue weighted by atomic mass is 9.96. The molecule has 24 heavy (non-hydrogen) atoms. The largest absolute Gasteiger partial charge is 0.294 e. The maximum Gasteiger partial charge on any atom is 0.228 e. The minimum Gasteiger partial charge on any atom is -0.294 e. The summed E-state index contributed by atoms with van der Waals surface area (Å²) in [4.78, 5) is 14.8. The van der Waals surface area contributed by atoms with Crippen LogP contribution in [0.1, 0.15) is 51.6 Å². The van der Waals surface area contributed by atoms with Gasteiger partial charge in [0, 0.05) is 18.5 Å². The highest BCUT2D eigenvalue weighted by Gasteiger charge is 2.32. The molecule has 0 aliphatic carbocycles. The first-order valence-corrected chi connectivity index (χ1v) is 8.95. The van der Waals surface area contributed by atoms with Crippen LogP contribution in [0.4, 0.5) is 5.82 Å². The van der Waals surface area contributed by atoms with E-state index in [1.165, 1.54) is 5.56 Å². The second-order valence-corrected chi connectivity index (χ2v) is 7.17. The van der Waals surface area contributed by atoms with E-state index < -0.39 is 0 Å². The molecule has 3 rings (SSSR count). The Kier molecular flexibility index (Phi) is 5.03. The molecule has 1 aromatic heterocycles. The molecule has 0 fully saturated rings. The third kappa shape index (κ3) is 3.53. The number of hydrogen-bond donors (Lipinski definition) is 0. The predicted molar refractivity (Wildman–Crippen MR) is 97.0 cm³/mol. The zero-order valence-electron chi connectivity index (χ0n) is 14.9. The van der Waals surface area contributed by atoms with Crippen LogP contribution in [0.25, 0.3) is 0 Å². The Morgan fingerprint density at radius 2 is 1.96 bits per heavy atom. The second kappa shape index (κ2) is 7.20. The van der Waals surface area contributed by atoms with Gasteiger partial charge in [-0.25, -0.2) is 4.68 Å². The summed E-state index contributed by atoms with van der Waals surface area (Å²) in [5.41, 5.74) is 1.34. The quantitative estimate of drug-likeness (QED) is 0.825. The smallest absolute Gasteiger partial charge is 0.228 e. The van der Waals surface area contributed by atoms with Gasteiger partial charge in [0.15, 0.2) is 0 Å². The van der Waals surface area contributed by atoms with Crippen molar-refractivity contribution in [1.29, 1.82) is 0 Å². The van der Waals surface area contributed by atoms with Gasteiger partial charge in [-0.1, -0.05) is 37.3 Å². The number of benzene rings is 1. The summed E-state index contributed by atoms with van der Waals surface area (Å²) >= 11 is 0. The first-order valence-electron chi connectivity index (χ1n) is 8.95. The number of amides is 1. The van der Waals surface area contributed by atoms with Crippen LogP contribution in [-0.4, -0.2) is 21.7 Å². The maximum atomic E-state index is 12.9. The maximum absolute atomic E-state index is 12.9. The number of hydrogen-bond acceptors (Lipinski definition) is 2. The lowest BCUT2D eigenvalue weighted by Crippen LogP contribution is -2.45. The van der Waals surface area contributed by atoms with Crippen molar-refractivity contribution < 1.29 is 4.79 Å². The number of anilines is 1. The average Bonchev–Trinajstić information content (AvgIpc) is 3.03. The van der Waals surface area contributed by atoms with Gasteiger partial charge in [-0.3, -0.25) is 9.69 Å². The number of nitrogens with zero attached hydrogens (tertiary/aromatic N) is 3. The lowest BCUT2D eigenvalue weighted by molar-refractivity contribution is -0.120. The molecule has 0 spiro atoms. The van der Waals surface area contributed by atoms with Gasteiger partial charge >= 0.3 is 0 Å². The number of rotatable bonds is 5. The van der Waals surface area contributed by atoms with Crippen molar-refractivity contribution in [2.75, 3.05) is 4.90 Å². The van der Waals surface area contributed by atoms with E-state index in [0.29, 0.717) is 18.4 Å². The fourth-order valence-corrected chi connectivity index (χ4v) is 3.69. The van der Waals surface area contributed by atoms with Gasteiger partial charge in [-0.15, -0.1) is 0 Å². The number of aromatic nitrogens is 2. The lowest BCUT2D eigenvalue weighted by Gasteiger charge is -2.37. The van der Waals surface area contributed by atoms with Gasteiger partial charge in [0.2, 0.25) is 5.91 Å². The zero-order valence-corrected chi connectivity index (χ0v) is 14.9.